The van der Waals surface area contributed by atoms with E-state index in [1.165, 1.54) is 0 Å². The third-order valence-corrected chi connectivity index (χ3v) is 7.40. The number of aromatic nitrogens is 2. The number of hydrogen-bond donors (Lipinski definition) is 2. The molecule has 2 N–H and O–H groups in total. The summed E-state index contributed by atoms with van der Waals surface area (Å²) >= 11 is 1.12. The highest BCUT2D eigenvalue weighted by molar-refractivity contribution is 7.99. The highest BCUT2D eigenvalue weighted by atomic mass is 32.2. The van der Waals surface area contributed by atoms with Gasteiger partial charge in [0.25, 0.3) is 11.5 Å². The molecule has 4 rings (SSSR count). The largest absolute Gasteiger partial charge is 0.344 e. The molecule has 2 aromatic rings. The summed E-state index contributed by atoms with van der Waals surface area (Å²) in [7, 11) is 0. The van der Waals surface area contributed by atoms with Crippen LogP contribution in [-0.2, 0) is 16.1 Å². The lowest BCUT2D eigenvalue weighted by Crippen LogP contribution is -2.51. The molecular formula is C23H29N5O4S. The Morgan fingerprint density at radius 2 is 1.97 bits per heavy atom. The van der Waals surface area contributed by atoms with Crippen molar-refractivity contribution in [3.8, 4) is 0 Å². The van der Waals surface area contributed by atoms with Gasteiger partial charge in [-0.25, -0.2) is 9.78 Å². The molecule has 1 saturated heterocycles. The number of urea groups is 1. The highest BCUT2D eigenvalue weighted by Crippen LogP contribution is 2.35. The van der Waals surface area contributed by atoms with Gasteiger partial charge in [-0.15, -0.1) is 0 Å². The highest BCUT2D eigenvalue weighted by Gasteiger charge is 2.52. The second kappa shape index (κ2) is 9.54. The summed E-state index contributed by atoms with van der Waals surface area (Å²) in [5.41, 5.74) is 1.96. The van der Waals surface area contributed by atoms with Crippen LogP contribution in [0, 0.1) is 5.92 Å². The maximum absolute atomic E-state index is 13.0. The van der Waals surface area contributed by atoms with Gasteiger partial charge >= 0.3 is 6.03 Å². The quantitative estimate of drug-likeness (QED) is 0.365. The summed E-state index contributed by atoms with van der Waals surface area (Å²) in [4.78, 5) is 55.5. The Labute approximate surface area is 196 Å². The lowest BCUT2D eigenvalue weighted by molar-refractivity contribution is -0.139. The molecule has 1 aromatic heterocycles. The van der Waals surface area contributed by atoms with Crippen molar-refractivity contribution in [2.24, 2.45) is 5.92 Å². The topological polar surface area (TPSA) is 113 Å². The fourth-order valence-corrected chi connectivity index (χ4v) is 5.19. The van der Waals surface area contributed by atoms with Crippen molar-refractivity contribution < 1.29 is 14.4 Å². The van der Waals surface area contributed by atoms with Crippen LogP contribution in [0.25, 0.3) is 10.9 Å². The number of hydrazine groups is 1. The zero-order valence-electron chi connectivity index (χ0n) is 18.9. The zero-order chi connectivity index (χ0) is 23.6. The molecule has 1 saturated carbocycles. The van der Waals surface area contributed by atoms with E-state index in [4.69, 9.17) is 0 Å². The molecule has 0 atom stereocenters. The number of carbonyl (C=O) groups is 3. The first-order valence-electron chi connectivity index (χ1n) is 11.4. The Morgan fingerprint density at radius 3 is 2.70 bits per heavy atom. The summed E-state index contributed by atoms with van der Waals surface area (Å²) in [5, 5.41) is 4.57. The standard InChI is InChI=1S/C23H29N5O4S/c1-3-4-13-27-19(30)16-7-5-6-8-17(16)24-22(27)33-14-18(29)26-28-20(31)23(25-21(28)32)11-9-15(2)10-12-23/h5-8,15H,3-4,9-14H2,1-2H3,(H,25,32)(H,26,29). The van der Waals surface area contributed by atoms with E-state index in [1.54, 1.807) is 22.8 Å². The Bertz CT molecular complexity index is 1140. The Hall–Kier alpha value is -2.88. The van der Waals surface area contributed by atoms with Gasteiger partial charge < -0.3 is 5.32 Å². The third kappa shape index (κ3) is 4.62. The lowest BCUT2D eigenvalue weighted by atomic mass is 9.77. The van der Waals surface area contributed by atoms with E-state index >= 15 is 0 Å². The molecule has 2 aliphatic rings. The first-order valence-corrected chi connectivity index (χ1v) is 12.4. The number of benzene rings is 1. The number of carbonyl (C=O) groups excluding carboxylic acids is 3. The summed E-state index contributed by atoms with van der Waals surface area (Å²) < 4.78 is 1.59. The molecule has 1 aromatic carbocycles. The molecule has 1 aliphatic heterocycles. The van der Waals surface area contributed by atoms with Crippen LogP contribution in [0.5, 0.6) is 0 Å². The Balaban J connectivity index is 1.46. The van der Waals surface area contributed by atoms with Crippen molar-refractivity contribution in [1.29, 1.82) is 0 Å². The van der Waals surface area contributed by atoms with E-state index in [-0.39, 0.29) is 11.3 Å². The molecule has 33 heavy (non-hydrogen) atoms. The summed E-state index contributed by atoms with van der Waals surface area (Å²) in [6, 6.07) is 6.52. The molecule has 0 unspecified atom stereocenters. The van der Waals surface area contributed by atoms with Crippen LogP contribution in [0.4, 0.5) is 4.79 Å². The fraction of sp³-hybridized carbons (Fsp3) is 0.522. The van der Waals surface area contributed by atoms with Gasteiger partial charge in [-0.05, 0) is 50.2 Å². The van der Waals surface area contributed by atoms with Crippen molar-refractivity contribution in [1.82, 2.24) is 25.3 Å². The third-order valence-electron chi connectivity index (χ3n) is 6.42. The van der Waals surface area contributed by atoms with Gasteiger partial charge in [0.1, 0.15) is 5.54 Å². The number of thioether (sulfide) groups is 1. The van der Waals surface area contributed by atoms with Crippen molar-refractivity contribution in [3.05, 3.63) is 34.6 Å². The van der Waals surface area contributed by atoms with Crippen molar-refractivity contribution in [2.75, 3.05) is 5.75 Å². The van der Waals surface area contributed by atoms with Crippen LogP contribution in [0.15, 0.2) is 34.2 Å². The number of para-hydroxylation sites is 1. The molecule has 2 heterocycles. The number of nitrogens with one attached hydrogen (secondary N) is 2. The smallest absolute Gasteiger partial charge is 0.322 e. The van der Waals surface area contributed by atoms with Gasteiger partial charge in [-0.3, -0.25) is 24.4 Å². The minimum Gasteiger partial charge on any atom is -0.322 e. The normalized spacial score (nSPS) is 22.7. The molecule has 2 fully saturated rings. The van der Waals surface area contributed by atoms with Crippen LogP contribution in [0.3, 0.4) is 0 Å². The number of fused-ring (bicyclic) bond motifs is 1. The minimum atomic E-state index is -0.912. The molecular weight excluding hydrogens is 442 g/mol. The van der Waals surface area contributed by atoms with Gasteiger partial charge in [0.05, 0.1) is 16.7 Å². The number of amides is 4. The predicted octanol–water partition coefficient (Wildman–Crippen LogP) is 2.82. The molecule has 4 amide bonds. The van der Waals surface area contributed by atoms with Crippen LogP contribution in [0.1, 0.15) is 52.4 Å². The van der Waals surface area contributed by atoms with Gasteiger partial charge in [0, 0.05) is 6.54 Å². The molecule has 9 nitrogen and oxygen atoms in total. The Kier molecular flexibility index (Phi) is 6.73. The summed E-state index contributed by atoms with van der Waals surface area (Å²) in [6.07, 6.45) is 4.58. The van der Waals surface area contributed by atoms with Crippen molar-refractivity contribution in [2.45, 2.75) is 69.6 Å². The summed E-state index contributed by atoms with van der Waals surface area (Å²) in [5.74, 6) is -0.478. The number of rotatable bonds is 7. The van der Waals surface area contributed by atoms with E-state index in [9.17, 15) is 19.2 Å². The molecule has 176 valence electrons. The average molecular weight is 472 g/mol. The first-order chi connectivity index (χ1) is 15.8. The monoisotopic (exact) mass is 471 g/mol. The maximum Gasteiger partial charge on any atom is 0.344 e. The molecule has 0 radical (unpaired) electrons. The minimum absolute atomic E-state index is 0.0853. The number of hydrogen-bond acceptors (Lipinski definition) is 6. The van der Waals surface area contributed by atoms with Gasteiger partial charge in [0.2, 0.25) is 5.91 Å². The number of imide groups is 1. The zero-order valence-corrected chi connectivity index (χ0v) is 19.7. The van der Waals surface area contributed by atoms with E-state index < -0.39 is 23.4 Å². The average Bonchev–Trinajstić information content (AvgIpc) is 3.03. The molecule has 1 aliphatic carbocycles. The van der Waals surface area contributed by atoms with Crippen LogP contribution in [0.2, 0.25) is 0 Å². The molecule has 1 spiro atoms. The van der Waals surface area contributed by atoms with E-state index in [2.05, 4.69) is 22.7 Å². The van der Waals surface area contributed by atoms with Gasteiger partial charge in [-0.1, -0.05) is 44.2 Å². The van der Waals surface area contributed by atoms with E-state index in [0.717, 1.165) is 42.5 Å². The summed E-state index contributed by atoms with van der Waals surface area (Å²) in [6.45, 7) is 4.68. The number of unbranched alkanes of at least 4 members (excludes halogenated alkanes) is 1. The second-order valence-corrected chi connectivity index (χ2v) is 9.82. The molecule has 10 heteroatoms. The van der Waals surface area contributed by atoms with E-state index in [0.29, 0.717) is 41.4 Å². The van der Waals surface area contributed by atoms with Crippen molar-refractivity contribution >= 4 is 40.5 Å². The lowest BCUT2D eigenvalue weighted by Gasteiger charge is -2.33. The molecule has 0 bridgehead atoms. The SMILES string of the molecule is CCCCn1c(SCC(=O)NN2C(=O)NC3(CCC(C)CC3)C2=O)nc2ccccc2c1=O. The maximum atomic E-state index is 13.0. The van der Waals surface area contributed by atoms with E-state index in [1.807, 2.05) is 13.0 Å². The van der Waals surface area contributed by atoms with Crippen LogP contribution >= 0.6 is 11.8 Å². The number of nitrogens with zero attached hydrogens (tertiary/aromatic N) is 3. The van der Waals surface area contributed by atoms with Gasteiger partial charge in [0.15, 0.2) is 5.16 Å². The Morgan fingerprint density at radius 1 is 1.24 bits per heavy atom. The fourth-order valence-electron chi connectivity index (χ4n) is 4.37. The van der Waals surface area contributed by atoms with Crippen LogP contribution < -0.4 is 16.3 Å². The predicted molar refractivity (Wildman–Crippen MR) is 126 cm³/mol. The van der Waals surface area contributed by atoms with Gasteiger partial charge in [-0.2, -0.15) is 5.01 Å². The first kappa shape index (κ1) is 23.3. The van der Waals surface area contributed by atoms with Crippen LogP contribution in [-0.4, -0.2) is 43.7 Å². The van der Waals surface area contributed by atoms with Crippen molar-refractivity contribution in [3.63, 3.8) is 0 Å². The second-order valence-electron chi connectivity index (χ2n) is 8.88.